The van der Waals surface area contributed by atoms with Crippen molar-refractivity contribution in [2.24, 2.45) is 0 Å². The molecule has 0 saturated heterocycles. The van der Waals surface area contributed by atoms with Crippen molar-refractivity contribution in [2.45, 2.75) is 6.04 Å². The maximum absolute atomic E-state index is 3.98. The molecule has 216 valence electrons. The molecule has 1 atom stereocenters. The molecule has 2 aromatic heterocycles. The number of fused-ring (bicyclic) bond motifs is 10. The van der Waals surface area contributed by atoms with E-state index in [1.54, 1.807) is 0 Å². The van der Waals surface area contributed by atoms with Crippen LogP contribution in [0.1, 0.15) is 17.2 Å². The summed E-state index contributed by atoms with van der Waals surface area (Å²) in [4.78, 5) is 0. The summed E-state index contributed by atoms with van der Waals surface area (Å²) in [6.45, 7) is 0. The van der Waals surface area contributed by atoms with Gasteiger partial charge in [-0.25, -0.2) is 0 Å². The summed E-state index contributed by atoms with van der Waals surface area (Å²) in [7, 11) is 0. The molecule has 0 bridgehead atoms. The molecule has 0 radical (unpaired) electrons. The van der Waals surface area contributed by atoms with Gasteiger partial charge in [-0.3, -0.25) is 0 Å². The average molecular weight is 622 g/mol. The molecule has 1 N–H and O–H groups in total. The van der Waals surface area contributed by atoms with Crippen LogP contribution < -0.4 is 5.32 Å². The number of rotatable bonds is 3. The second kappa shape index (κ2) is 10.1. The third-order valence-corrected chi connectivity index (χ3v) is 11.9. The molecule has 7 aromatic carbocycles. The molecule has 1 aliphatic rings. The van der Waals surface area contributed by atoms with E-state index in [1.165, 1.54) is 90.5 Å². The molecular formula is C43H27NS2. The zero-order chi connectivity index (χ0) is 30.2. The molecule has 0 spiro atoms. The summed E-state index contributed by atoms with van der Waals surface area (Å²) >= 11 is 3.78. The van der Waals surface area contributed by atoms with Gasteiger partial charge < -0.3 is 5.32 Å². The lowest BCUT2D eigenvalue weighted by Crippen LogP contribution is -2.18. The Balaban J connectivity index is 1.15. The fraction of sp³-hybridized carbons (Fsp3) is 0.0233. The molecule has 9 aromatic rings. The summed E-state index contributed by atoms with van der Waals surface area (Å²) in [6, 6.07) is 55.9. The predicted molar refractivity (Wildman–Crippen MR) is 200 cm³/mol. The highest BCUT2D eigenvalue weighted by atomic mass is 32.1. The summed E-state index contributed by atoms with van der Waals surface area (Å²) in [5, 5.41) is 9.35. The predicted octanol–water partition coefficient (Wildman–Crippen LogP) is 12.9. The van der Waals surface area contributed by atoms with Gasteiger partial charge in [0.05, 0.1) is 6.04 Å². The first-order valence-corrected chi connectivity index (χ1v) is 17.3. The van der Waals surface area contributed by atoms with Gasteiger partial charge in [0.15, 0.2) is 0 Å². The number of hydrogen-bond acceptors (Lipinski definition) is 3. The van der Waals surface area contributed by atoms with Gasteiger partial charge in [-0.05, 0) is 69.3 Å². The first-order chi connectivity index (χ1) is 22.8. The summed E-state index contributed by atoms with van der Waals surface area (Å²) < 4.78 is 5.36. The zero-order valence-electron chi connectivity index (χ0n) is 24.8. The highest BCUT2D eigenvalue weighted by Crippen LogP contribution is 2.51. The maximum Gasteiger partial charge on any atom is 0.0773 e. The van der Waals surface area contributed by atoms with Crippen molar-refractivity contribution in [3.8, 4) is 33.4 Å². The monoisotopic (exact) mass is 621 g/mol. The Morgan fingerprint density at radius 1 is 0.457 bits per heavy atom. The van der Waals surface area contributed by atoms with Crippen molar-refractivity contribution < 1.29 is 0 Å². The first-order valence-electron chi connectivity index (χ1n) is 15.7. The van der Waals surface area contributed by atoms with Crippen LogP contribution in [0.25, 0.3) is 73.7 Å². The third-order valence-electron chi connectivity index (χ3n) is 9.52. The first kappa shape index (κ1) is 26.0. The summed E-state index contributed by atoms with van der Waals surface area (Å²) in [6.07, 6.45) is 0. The van der Waals surface area contributed by atoms with Crippen LogP contribution in [0.2, 0.25) is 0 Å². The lowest BCUT2D eigenvalue weighted by atomic mass is 9.83. The largest absolute Gasteiger partial charge is 0.374 e. The van der Waals surface area contributed by atoms with Crippen LogP contribution in [0, 0.1) is 0 Å². The lowest BCUT2D eigenvalue weighted by molar-refractivity contribution is 0.933. The van der Waals surface area contributed by atoms with E-state index in [1.807, 2.05) is 22.7 Å². The fourth-order valence-electron chi connectivity index (χ4n) is 7.41. The quantitative estimate of drug-likeness (QED) is 0.207. The Hall–Kier alpha value is -5.22. The summed E-state index contributed by atoms with van der Waals surface area (Å²) in [5.74, 6) is 0. The minimum atomic E-state index is 0.0684. The van der Waals surface area contributed by atoms with Crippen molar-refractivity contribution in [1.29, 1.82) is 0 Å². The Kier molecular flexibility index (Phi) is 5.75. The number of nitrogens with one attached hydrogen (secondary N) is 1. The molecule has 46 heavy (non-hydrogen) atoms. The second-order valence-electron chi connectivity index (χ2n) is 12.1. The number of thiophene rings is 2. The molecule has 0 amide bonds. The molecule has 3 heterocycles. The van der Waals surface area contributed by atoms with Crippen LogP contribution in [0.15, 0.2) is 152 Å². The van der Waals surface area contributed by atoms with Gasteiger partial charge in [0.1, 0.15) is 0 Å². The van der Waals surface area contributed by atoms with Crippen LogP contribution in [-0.4, -0.2) is 0 Å². The topological polar surface area (TPSA) is 12.0 Å². The highest BCUT2D eigenvalue weighted by Gasteiger charge is 2.28. The van der Waals surface area contributed by atoms with Gasteiger partial charge >= 0.3 is 0 Å². The van der Waals surface area contributed by atoms with Crippen LogP contribution in [0.4, 0.5) is 5.69 Å². The normalized spacial score (nSPS) is 14.0. The second-order valence-corrected chi connectivity index (χ2v) is 14.2. The van der Waals surface area contributed by atoms with Crippen LogP contribution in [-0.2, 0) is 0 Å². The molecule has 1 aliphatic heterocycles. The zero-order valence-corrected chi connectivity index (χ0v) is 26.5. The fourth-order valence-corrected chi connectivity index (χ4v) is 9.76. The molecule has 10 rings (SSSR count). The van der Waals surface area contributed by atoms with Gasteiger partial charge in [-0.2, -0.15) is 0 Å². The van der Waals surface area contributed by atoms with Gasteiger partial charge in [-0.1, -0.05) is 121 Å². The van der Waals surface area contributed by atoms with E-state index in [0.717, 1.165) is 0 Å². The Morgan fingerprint density at radius 2 is 1.17 bits per heavy atom. The van der Waals surface area contributed by atoms with Crippen molar-refractivity contribution >= 4 is 68.7 Å². The molecule has 0 fully saturated rings. The van der Waals surface area contributed by atoms with Gasteiger partial charge in [-0.15, -0.1) is 22.7 Å². The smallest absolute Gasteiger partial charge is 0.0773 e. The maximum atomic E-state index is 3.98. The van der Waals surface area contributed by atoms with Crippen LogP contribution in [0.5, 0.6) is 0 Å². The van der Waals surface area contributed by atoms with Crippen molar-refractivity contribution in [1.82, 2.24) is 0 Å². The van der Waals surface area contributed by atoms with Gasteiger partial charge in [0.2, 0.25) is 0 Å². The van der Waals surface area contributed by atoms with Crippen molar-refractivity contribution in [2.75, 3.05) is 5.32 Å². The SMILES string of the molecule is c1ccc(C2Nc3cc(-c4cccc(-c5cccc6c5sc5ccccc56)c4)ccc3-c3c2ccc2sc4ccccc4c32)cc1. The van der Waals surface area contributed by atoms with E-state index in [2.05, 4.69) is 157 Å². The van der Waals surface area contributed by atoms with E-state index in [9.17, 15) is 0 Å². The molecule has 0 saturated carbocycles. The van der Waals surface area contributed by atoms with Gasteiger partial charge in [0, 0.05) is 51.6 Å². The van der Waals surface area contributed by atoms with Crippen LogP contribution >= 0.6 is 22.7 Å². The molecule has 1 unspecified atom stereocenters. The van der Waals surface area contributed by atoms with E-state index in [0.29, 0.717) is 0 Å². The highest BCUT2D eigenvalue weighted by molar-refractivity contribution is 7.26. The number of hydrogen-bond donors (Lipinski definition) is 1. The van der Waals surface area contributed by atoms with E-state index in [4.69, 9.17) is 0 Å². The molecule has 0 aliphatic carbocycles. The van der Waals surface area contributed by atoms with E-state index in [-0.39, 0.29) is 6.04 Å². The standard InChI is InChI=1S/C43H27NS2/c1-2-10-26(11-3-1)42-35-22-23-39-41(34-15-5-7-19-38(34)45-39)40(35)33-21-20-28(25-36(33)44-42)27-12-8-13-29(24-27)30-16-9-17-32-31-14-4-6-18-37(31)46-43(30)32/h1-25,42,44H. The Bertz CT molecular complexity index is 2620. The van der Waals surface area contributed by atoms with E-state index >= 15 is 0 Å². The van der Waals surface area contributed by atoms with Crippen LogP contribution in [0.3, 0.4) is 0 Å². The minimum absolute atomic E-state index is 0.0684. The Morgan fingerprint density at radius 3 is 2.07 bits per heavy atom. The summed E-state index contributed by atoms with van der Waals surface area (Å²) in [5.41, 5.74) is 11.4. The molecule has 1 nitrogen and oxygen atoms in total. The number of benzene rings is 7. The molecule has 3 heteroatoms. The number of anilines is 1. The lowest BCUT2D eigenvalue weighted by Gasteiger charge is -2.31. The third kappa shape index (κ3) is 3.92. The molecular weight excluding hydrogens is 595 g/mol. The van der Waals surface area contributed by atoms with Gasteiger partial charge in [0.25, 0.3) is 0 Å². The minimum Gasteiger partial charge on any atom is -0.374 e. The average Bonchev–Trinajstić information content (AvgIpc) is 3.70. The van der Waals surface area contributed by atoms with Crippen molar-refractivity contribution in [3.05, 3.63) is 163 Å². The van der Waals surface area contributed by atoms with E-state index < -0.39 is 0 Å². The Labute approximate surface area is 275 Å². The van der Waals surface area contributed by atoms with Crippen molar-refractivity contribution in [3.63, 3.8) is 0 Å².